The van der Waals surface area contributed by atoms with Gasteiger partial charge in [-0.1, -0.05) is 129 Å². The summed E-state index contributed by atoms with van der Waals surface area (Å²) in [5, 5.41) is 0. The van der Waals surface area contributed by atoms with E-state index in [-0.39, 0.29) is 17.0 Å². The molecule has 0 bridgehead atoms. The second kappa shape index (κ2) is 25.7. The summed E-state index contributed by atoms with van der Waals surface area (Å²) in [7, 11) is 4.86. The topological polar surface area (TPSA) is 0 Å². The maximum atomic E-state index is 2.43. The molecule has 0 N–H and O–H groups in total. The van der Waals surface area contributed by atoms with Crippen LogP contribution in [0.1, 0.15) is 155 Å². The smallest absolute Gasteiger partial charge is 0.0782 e. The molecule has 2 heteroatoms. The minimum Gasteiger partial charge on any atom is -1.00 e. The van der Waals surface area contributed by atoms with Crippen molar-refractivity contribution in [3.63, 3.8) is 0 Å². The fraction of sp³-hybridized carbons (Fsp3) is 1.00. The van der Waals surface area contributed by atoms with Crippen molar-refractivity contribution in [2.75, 3.05) is 27.2 Å². The van der Waals surface area contributed by atoms with Gasteiger partial charge in [0.25, 0.3) is 0 Å². The van der Waals surface area contributed by atoms with Crippen molar-refractivity contribution in [2.24, 2.45) is 0 Å². The Kier molecular flexibility index (Phi) is 27.9. The zero-order valence-electron chi connectivity index (χ0n) is 21.8. The lowest BCUT2D eigenvalue weighted by molar-refractivity contribution is -0.890. The van der Waals surface area contributed by atoms with Gasteiger partial charge in [-0.15, -0.1) is 0 Å². The molecule has 184 valence electrons. The number of quaternary nitrogens is 1. The Balaban J connectivity index is 0. The molecule has 0 aliphatic rings. The van der Waals surface area contributed by atoms with Gasteiger partial charge in [-0.05, 0) is 25.7 Å². The maximum Gasteiger partial charge on any atom is 0.0782 e. The predicted molar refractivity (Wildman–Crippen MR) is 135 cm³/mol. The second-order valence-corrected chi connectivity index (χ2v) is 10.5. The second-order valence-electron chi connectivity index (χ2n) is 10.5. The molecule has 0 amide bonds. The van der Waals surface area contributed by atoms with Crippen LogP contribution in [0.2, 0.25) is 0 Å². The monoisotopic (exact) mass is 489 g/mol. The molecule has 0 atom stereocenters. The minimum absolute atomic E-state index is 0. The quantitative estimate of drug-likeness (QED) is 0.104. The molecule has 0 spiro atoms. The predicted octanol–water partition coefficient (Wildman–Crippen LogP) is 6.69. The van der Waals surface area contributed by atoms with E-state index in [0.29, 0.717) is 0 Å². The summed E-state index contributed by atoms with van der Waals surface area (Å²) in [6, 6.07) is 0. The summed E-state index contributed by atoms with van der Waals surface area (Å²) in [4.78, 5) is 0. The van der Waals surface area contributed by atoms with Crippen molar-refractivity contribution in [3.8, 4) is 0 Å². The Hall–Kier alpha value is 0.440. The third-order valence-electron chi connectivity index (χ3n) is 6.73. The number of halogens is 1. The molecule has 0 fully saturated rings. The van der Waals surface area contributed by atoms with E-state index >= 15 is 0 Å². The lowest BCUT2D eigenvalue weighted by atomic mass is 10.0. The molecular weight excluding hydrogens is 430 g/mol. The van der Waals surface area contributed by atoms with E-state index in [1.807, 2.05) is 0 Å². The van der Waals surface area contributed by atoms with E-state index in [1.54, 1.807) is 0 Å². The van der Waals surface area contributed by atoms with Crippen molar-refractivity contribution in [2.45, 2.75) is 155 Å². The Morgan fingerprint density at radius 2 is 0.533 bits per heavy atom. The first-order valence-electron chi connectivity index (χ1n) is 13.9. The van der Waals surface area contributed by atoms with Crippen LogP contribution in [0, 0.1) is 0 Å². The van der Waals surface area contributed by atoms with Gasteiger partial charge >= 0.3 is 0 Å². The van der Waals surface area contributed by atoms with Gasteiger partial charge in [-0.25, -0.2) is 0 Å². The minimum atomic E-state index is 0. The van der Waals surface area contributed by atoms with E-state index in [1.165, 1.54) is 159 Å². The van der Waals surface area contributed by atoms with Crippen molar-refractivity contribution in [3.05, 3.63) is 0 Å². The van der Waals surface area contributed by atoms with E-state index in [2.05, 4.69) is 27.9 Å². The average molecular weight is 491 g/mol. The molecule has 0 saturated carbocycles. The van der Waals surface area contributed by atoms with Gasteiger partial charge in [0.15, 0.2) is 0 Å². The van der Waals surface area contributed by atoms with Crippen LogP contribution in [0.5, 0.6) is 0 Å². The van der Waals surface area contributed by atoms with Gasteiger partial charge in [0.2, 0.25) is 0 Å². The number of nitrogens with zero attached hydrogens (tertiary/aromatic N) is 1. The van der Waals surface area contributed by atoms with E-state index in [4.69, 9.17) is 0 Å². The summed E-state index contributed by atoms with van der Waals surface area (Å²) in [5.74, 6) is 0. The van der Waals surface area contributed by atoms with Crippen molar-refractivity contribution >= 4 is 0 Å². The van der Waals surface area contributed by atoms with Gasteiger partial charge in [0.05, 0.1) is 27.2 Å². The van der Waals surface area contributed by atoms with Crippen LogP contribution in [-0.2, 0) is 0 Å². The SMILES string of the molecule is CCCCCCCCCCCCCCCCCCCC[N+](C)(C)CCCCCC.[Br-]. The fourth-order valence-corrected chi connectivity index (χ4v) is 4.52. The Bertz CT molecular complexity index is 303. The van der Waals surface area contributed by atoms with Crippen molar-refractivity contribution < 1.29 is 21.5 Å². The summed E-state index contributed by atoms with van der Waals surface area (Å²) in [6.07, 6.45) is 32.0. The highest BCUT2D eigenvalue weighted by molar-refractivity contribution is 4.51. The van der Waals surface area contributed by atoms with Crippen LogP contribution < -0.4 is 17.0 Å². The summed E-state index contributed by atoms with van der Waals surface area (Å²) >= 11 is 0. The van der Waals surface area contributed by atoms with Gasteiger partial charge in [-0.2, -0.15) is 0 Å². The van der Waals surface area contributed by atoms with Gasteiger partial charge in [0.1, 0.15) is 0 Å². The maximum absolute atomic E-state index is 2.43. The third-order valence-corrected chi connectivity index (χ3v) is 6.73. The van der Waals surface area contributed by atoms with Crippen LogP contribution in [0.15, 0.2) is 0 Å². The van der Waals surface area contributed by atoms with Crippen LogP contribution in [0.25, 0.3) is 0 Å². The molecule has 0 unspecified atom stereocenters. The fourth-order valence-electron chi connectivity index (χ4n) is 4.52. The molecule has 30 heavy (non-hydrogen) atoms. The molecule has 0 aromatic rings. The molecular formula is C28H60BrN. The molecule has 0 rings (SSSR count). The summed E-state index contributed by atoms with van der Waals surface area (Å²) in [6.45, 7) is 7.36. The molecule has 0 radical (unpaired) electrons. The van der Waals surface area contributed by atoms with Crippen molar-refractivity contribution in [1.82, 2.24) is 0 Å². The van der Waals surface area contributed by atoms with E-state index in [9.17, 15) is 0 Å². The van der Waals surface area contributed by atoms with Crippen LogP contribution in [0.3, 0.4) is 0 Å². The Labute approximate surface area is 203 Å². The van der Waals surface area contributed by atoms with E-state index in [0.717, 1.165) is 0 Å². The molecule has 0 heterocycles. The molecule has 0 aromatic carbocycles. The molecule has 0 aliphatic carbocycles. The number of hydrogen-bond acceptors (Lipinski definition) is 0. The first-order valence-corrected chi connectivity index (χ1v) is 13.9. The van der Waals surface area contributed by atoms with Crippen LogP contribution in [0.4, 0.5) is 0 Å². The van der Waals surface area contributed by atoms with Gasteiger partial charge in [0, 0.05) is 0 Å². The molecule has 0 saturated heterocycles. The molecule has 0 aliphatic heterocycles. The largest absolute Gasteiger partial charge is 1.00 e. The Morgan fingerprint density at radius 1 is 0.333 bits per heavy atom. The standard InChI is InChI=1S/C28H60N.BrH/c1-5-7-9-11-12-13-14-15-16-17-18-19-20-21-22-23-24-26-28-29(3,4)27-25-10-8-6-2;/h5-28H2,1-4H3;1H/q+1;/p-1. The highest BCUT2D eigenvalue weighted by Gasteiger charge is 2.13. The molecule has 0 aromatic heterocycles. The Morgan fingerprint density at radius 3 is 0.800 bits per heavy atom. The highest BCUT2D eigenvalue weighted by Crippen LogP contribution is 2.15. The molecule has 1 nitrogen and oxygen atoms in total. The highest BCUT2D eigenvalue weighted by atomic mass is 79.9. The third kappa shape index (κ3) is 26.5. The van der Waals surface area contributed by atoms with Crippen molar-refractivity contribution in [1.29, 1.82) is 0 Å². The average Bonchev–Trinajstić information content (AvgIpc) is 2.70. The lowest BCUT2D eigenvalue weighted by Gasteiger charge is -2.30. The summed E-state index contributed by atoms with van der Waals surface area (Å²) < 4.78 is 1.24. The zero-order chi connectivity index (χ0) is 21.5. The first-order chi connectivity index (χ1) is 14.1. The number of hydrogen-bond donors (Lipinski definition) is 0. The zero-order valence-corrected chi connectivity index (χ0v) is 23.4. The lowest BCUT2D eigenvalue weighted by Crippen LogP contribution is -3.00. The first kappa shape index (κ1) is 32.6. The van der Waals surface area contributed by atoms with Crippen LogP contribution >= 0.6 is 0 Å². The van der Waals surface area contributed by atoms with Crippen LogP contribution in [-0.4, -0.2) is 31.7 Å². The number of rotatable bonds is 24. The normalized spacial score (nSPS) is 11.6. The summed E-state index contributed by atoms with van der Waals surface area (Å²) in [5.41, 5.74) is 0. The van der Waals surface area contributed by atoms with Gasteiger partial charge in [-0.3, -0.25) is 0 Å². The number of unbranched alkanes of at least 4 members (excludes halogenated alkanes) is 20. The van der Waals surface area contributed by atoms with Gasteiger partial charge < -0.3 is 21.5 Å². The van der Waals surface area contributed by atoms with E-state index < -0.39 is 0 Å².